The summed E-state index contributed by atoms with van der Waals surface area (Å²) < 4.78 is 5.22. The SMILES string of the molecule is CC(C)C(N)C(O)NCC(O)Nc1ccc(COC(=O)NCCSSc2ccccn2)cc1. The number of nitrogens with zero attached hydrogens (tertiary/aromatic N) is 1. The number of anilines is 1. The van der Waals surface area contributed by atoms with Crippen molar-refractivity contribution in [2.75, 3.05) is 24.2 Å². The van der Waals surface area contributed by atoms with E-state index in [9.17, 15) is 15.0 Å². The first-order valence-electron chi connectivity index (χ1n) is 10.7. The lowest BCUT2D eigenvalue weighted by Gasteiger charge is -2.24. The van der Waals surface area contributed by atoms with Crippen molar-refractivity contribution in [2.24, 2.45) is 11.7 Å². The van der Waals surface area contributed by atoms with E-state index in [-0.39, 0.29) is 19.1 Å². The Morgan fingerprint density at radius 1 is 1.18 bits per heavy atom. The molecular formula is C22H33N5O4S2. The van der Waals surface area contributed by atoms with Crippen LogP contribution >= 0.6 is 21.6 Å². The molecule has 2 rings (SSSR count). The minimum absolute atomic E-state index is 0.115. The second-order valence-electron chi connectivity index (χ2n) is 7.61. The molecule has 1 aromatic carbocycles. The molecule has 0 aliphatic rings. The van der Waals surface area contributed by atoms with Crippen LogP contribution in [0.1, 0.15) is 19.4 Å². The van der Waals surface area contributed by atoms with Crippen molar-refractivity contribution < 1.29 is 19.7 Å². The summed E-state index contributed by atoms with van der Waals surface area (Å²) >= 11 is 0. The number of alkyl carbamates (subject to hydrolysis) is 1. The van der Waals surface area contributed by atoms with E-state index in [0.29, 0.717) is 12.2 Å². The minimum atomic E-state index is -0.902. The number of carbonyl (C=O) groups excluding carboxylic acids is 1. The minimum Gasteiger partial charge on any atom is -0.445 e. The zero-order valence-corrected chi connectivity index (χ0v) is 20.4. The maximum atomic E-state index is 11.8. The first-order chi connectivity index (χ1) is 15.8. The van der Waals surface area contributed by atoms with E-state index in [0.717, 1.165) is 16.3 Å². The molecule has 9 nitrogen and oxygen atoms in total. The molecule has 0 radical (unpaired) electrons. The molecule has 33 heavy (non-hydrogen) atoms. The molecule has 0 bridgehead atoms. The lowest BCUT2D eigenvalue weighted by atomic mass is 10.0. The molecule has 3 unspecified atom stereocenters. The van der Waals surface area contributed by atoms with Crippen molar-refractivity contribution in [1.82, 2.24) is 15.6 Å². The predicted octanol–water partition coefficient (Wildman–Crippen LogP) is 2.37. The van der Waals surface area contributed by atoms with Crippen LogP contribution in [0.2, 0.25) is 0 Å². The van der Waals surface area contributed by atoms with E-state index in [1.165, 1.54) is 0 Å². The van der Waals surface area contributed by atoms with E-state index >= 15 is 0 Å². The maximum absolute atomic E-state index is 11.8. The first kappa shape index (κ1) is 27.2. The van der Waals surface area contributed by atoms with E-state index in [2.05, 4.69) is 20.9 Å². The lowest BCUT2D eigenvalue weighted by molar-refractivity contribution is 0.0754. The van der Waals surface area contributed by atoms with Gasteiger partial charge in [-0.05, 0) is 46.5 Å². The Bertz CT molecular complexity index is 814. The molecule has 0 spiro atoms. The van der Waals surface area contributed by atoms with E-state index in [1.54, 1.807) is 52.1 Å². The number of aliphatic hydroxyl groups excluding tert-OH is 2. The number of pyridine rings is 1. The fourth-order valence-electron chi connectivity index (χ4n) is 2.57. The fraction of sp³-hybridized carbons (Fsp3) is 0.455. The number of hydrogen-bond donors (Lipinski definition) is 6. The van der Waals surface area contributed by atoms with Crippen molar-refractivity contribution >= 4 is 33.4 Å². The molecule has 1 heterocycles. The van der Waals surface area contributed by atoms with Gasteiger partial charge in [0.2, 0.25) is 0 Å². The van der Waals surface area contributed by atoms with Gasteiger partial charge in [0, 0.05) is 36.8 Å². The van der Waals surface area contributed by atoms with E-state index in [4.69, 9.17) is 10.5 Å². The van der Waals surface area contributed by atoms with Crippen LogP contribution in [-0.4, -0.2) is 58.6 Å². The Hall–Kier alpha value is -2.02. The van der Waals surface area contributed by atoms with Crippen LogP contribution in [-0.2, 0) is 11.3 Å². The van der Waals surface area contributed by atoms with Crippen molar-refractivity contribution in [3.8, 4) is 0 Å². The molecule has 1 amide bonds. The molecule has 0 aliphatic heterocycles. The van der Waals surface area contributed by atoms with Crippen molar-refractivity contribution in [2.45, 2.75) is 44.0 Å². The number of benzene rings is 1. The Kier molecular flexibility index (Phi) is 12.4. The number of ether oxygens (including phenoxy) is 1. The number of rotatable bonds is 14. The van der Waals surface area contributed by atoms with Gasteiger partial charge in [0.1, 0.15) is 24.1 Å². The highest BCUT2D eigenvalue weighted by Crippen LogP contribution is 2.28. The fourth-order valence-corrected chi connectivity index (χ4v) is 4.35. The summed E-state index contributed by atoms with van der Waals surface area (Å²) in [5, 5.41) is 29.4. The maximum Gasteiger partial charge on any atom is 0.407 e. The standard InChI is InChI=1S/C22H33N5O4S2/c1-15(2)20(23)21(29)26-13-18(28)27-17-8-6-16(7-9-17)14-31-22(30)25-11-12-32-33-19-5-3-4-10-24-19/h3-10,15,18,20-21,26-29H,11-14,23H2,1-2H3,(H,25,30). The molecular weight excluding hydrogens is 462 g/mol. The van der Waals surface area contributed by atoms with Gasteiger partial charge >= 0.3 is 6.09 Å². The van der Waals surface area contributed by atoms with Crippen LogP contribution in [0.3, 0.4) is 0 Å². The molecule has 7 N–H and O–H groups in total. The summed E-state index contributed by atoms with van der Waals surface area (Å²) in [5.74, 6) is 0.846. The molecule has 3 atom stereocenters. The van der Waals surface area contributed by atoms with Gasteiger partial charge < -0.3 is 31.3 Å². The molecule has 2 aromatic rings. The van der Waals surface area contributed by atoms with Crippen LogP contribution in [0.4, 0.5) is 10.5 Å². The number of carbonyl (C=O) groups is 1. The van der Waals surface area contributed by atoms with Crippen molar-refractivity contribution in [1.29, 1.82) is 0 Å². The van der Waals surface area contributed by atoms with Crippen LogP contribution in [0, 0.1) is 5.92 Å². The Morgan fingerprint density at radius 2 is 1.94 bits per heavy atom. The van der Waals surface area contributed by atoms with Gasteiger partial charge in [0.05, 0.1) is 0 Å². The number of aliphatic hydroxyl groups is 2. The molecule has 0 aliphatic carbocycles. The second-order valence-corrected chi connectivity index (χ2v) is 10.0. The number of amides is 1. The summed E-state index contributed by atoms with van der Waals surface area (Å²) in [5.41, 5.74) is 7.39. The Morgan fingerprint density at radius 3 is 2.61 bits per heavy atom. The Balaban J connectivity index is 1.59. The quantitative estimate of drug-likeness (QED) is 0.131. The summed E-state index contributed by atoms with van der Waals surface area (Å²) in [7, 11) is 3.17. The molecule has 1 aromatic heterocycles. The molecule has 11 heteroatoms. The van der Waals surface area contributed by atoms with Gasteiger partial charge in [0.25, 0.3) is 0 Å². The number of nitrogens with one attached hydrogen (secondary N) is 3. The first-order valence-corrected chi connectivity index (χ1v) is 13.0. The van der Waals surface area contributed by atoms with Gasteiger partial charge in [-0.1, -0.05) is 42.8 Å². The molecule has 0 fully saturated rings. The number of aromatic nitrogens is 1. The third-order valence-corrected chi connectivity index (χ3v) is 6.82. The second kappa shape index (κ2) is 15.0. The summed E-state index contributed by atoms with van der Waals surface area (Å²) in [4.78, 5) is 16.1. The van der Waals surface area contributed by atoms with Crippen molar-refractivity contribution in [3.63, 3.8) is 0 Å². The number of hydrogen-bond acceptors (Lipinski definition) is 10. The van der Waals surface area contributed by atoms with Crippen LogP contribution in [0.25, 0.3) is 0 Å². The van der Waals surface area contributed by atoms with Crippen molar-refractivity contribution in [3.05, 3.63) is 54.2 Å². The zero-order valence-electron chi connectivity index (χ0n) is 18.8. The zero-order chi connectivity index (χ0) is 24.1. The summed E-state index contributed by atoms with van der Waals surface area (Å²) in [6.45, 7) is 4.61. The normalized spacial score (nSPS) is 13.9. The predicted molar refractivity (Wildman–Crippen MR) is 134 cm³/mol. The highest BCUT2D eigenvalue weighted by Gasteiger charge is 2.18. The highest BCUT2D eigenvalue weighted by atomic mass is 33.1. The van der Waals surface area contributed by atoms with Gasteiger partial charge in [-0.25, -0.2) is 9.78 Å². The summed E-state index contributed by atoms with van der Waals surface area (Å²) in [6.07, 6.45) is -0.525. The topological polar surface area (TPSA) is 142 Å². The monoisotopic (exact) mass is 495 g/mol. The number of nitrogens with two attached hydrogens (primary N) is 1. The molecule has 0 saturated heterocycles. The lowest BCUT2D eigenvalue weighted by Crippen LogP contribution is -2.50. The van der Waals surface area contributed by atoms with E-state index < -0.39 is 24.6 Å². The van der Waals surface area contributed by atoms with Crippen LogP contribution in [0.15, 0.2) is 53.7 Å². The van der Waals surface area contributed by atoms with Crippen LogP contribution in [0.5, 0.6) is 0 Å². The van der Waals surface area contributed by atoms with Gasteiger partial charge in [-0.2, -0.15) is 0 Å². The Labute approximate surface area is 202 Å². The third kappa shape index (κ3) is 11.1. The third-order valence-electron chi connectivity index (χ3n) is 4.55. The molecule has 182 valence electrons. The van der Waals surface area contributed by atoms with Gasteiger partial charge in [0.15, 0.2) is 0 Å². The average Bonchev–Trinajstić information content (AvgIpc) is 2.82. The highest BCUT2D eigenvalue weighted by molar-refractivity contribution is 8.76. The van der Waals surface area contributed by atoms with Gasteiger partial charge in [-0.3, -0.25) is 5.32 Å². The average molecular weight is 496 g/mol. The molecule has 0 saturated carbocycles. The largest absolute Gasteiger partial charge is 0.445 e. The smallest absolute Gasteiger partial charge is 0.407 e. The van der Waals surface area contributed by atoms with Crippen LogP contribution < -0.4 is 21.7 Å². The summed E-state index contributed by atoms with van der Waals surface area (Å²) in [6, 6.07) is 12.5. The van der Waals surface area contributed by atoms with Gasteiger partial charge in [-0.15, -0.1) is 0 Å². The van der Waals surface area contributed by atoms with E-state index in [1.807, 2.05) is 32.0 Å².